The first-order valence-corrected chi connectivity index (χ1v) is 10.5. The van der Waals surface area contributed by atoms with Crippen molar-refractivity contribution in [1.82, 2.24) is 5.32 Å². The van der Waals surface area contributed by atoms with E-state index >= 15 is 0 Å². The molecule has 1 amide bonds. The lowest BCUT2D eigenvalue weighted by molar-refractivity contribution is 0.0921. The maximum absolute atomic E-state index is 12.3. The van der Waals surface area contributed by atoms with Gasteiger partial charge in [-0.15, -0.1) is 0 Å². The highest BCUT2D eigenvalue weighted by molar-refractivity contribution is 7.83. The van der Waals surface area contributed by atoms with E-state index in [4.69, 9.17) is 27.6 Å². The molecule has 27 heavy (non-hydrogen) atoms. The van der Waals surface area contributed by atoms with E-state index in [0.29, 0.717) is 28.1 Å². The molecule has 0 saturated heterocycles. The lowest BCUT2D eigenvalue weighted by Gasteiger charge is -2.04. The molecule has 0 fully saturated rings. The van der Waals surface area contributed by atoms with Gasteiger partial charge in [-0.1, -0.05) is 53.5 Å². The van der Waals surface area contributed by atoms with E-state index in [9.17, 15) is 9.00 Å². The second-order valence-electron chi connectivity index (χ2n) is 5.90. The summed E-state index contributed by atoms with van der Waals surface area (Å²) >= 11 is 11.9. The van der Waals surface area contributed by atoms with Crippen molar-refractivity contribution in [2.75, 3.05) is 0 Å². The Balaban J connectivity index is 1.54. The minimum absolute atomic E-state index is 0.189. The van der Waals surface area contributed by atoms with Crippen LogP contribution in [0.1, 0.15) is 27.4 Å². The Bertz CT molecular complexity index is 954. The molecular formula is C20H17Cl2NO3S. The molecule has 140 valence electrons. The summed E-state index contributed by atoms with van der Waals surface area (Å²) in [5, 5.41) is 4.01. The zero-order valence-corrected chi connectivity index (χ0v) is 16.6. The highest BCUT2D eigenvalue weighted by Crippen LogP contribution is 2.19. The van der Waals surface area contributed by atoms with Crippen LogP contribution < -0.4 is 5.32 Å². The normalized spacial score (nSPS) is 11.9. The number of furan rings is 1. The maximum Gasteiger partial charge on any atom is 0.287 e. The quantitative estimate of drug-likeness (QED) is 0.585. The van der Waals surface area contributed by atoms with Gasteiger partial charge in [0.25, 0.3) is 5.91 Å². The first-order valence-electron chi connectivity index (χ1n) is 8.21. The lowest BCUT2D eigenvalue weighted by Crippen LogP contribution is -2.22. The molecule has 4 nitrogen and oxygen atoms in total. The van der Waals surface area contributed by atoms with Gasteiger partial charge in [-0.2, -0.15) is 0 Å². The molecule has 0 aliphatic carbocycles. The molecule has 1 N–H and O–H groups in total. The molecule has 0 spiro atoms. The standard InChI is InChI=1S/C20H17Cl2NO3S/c21-16-7-5-14(6-8-16)11-23-20(24)19-10-9-17(26-19)13-27(25)12-15-3-1-2-4-18(15)22/h1-10H,11-13H2,(H,23,24)/t27-/m0/s1. The minimum Gasteiger partial charge on any atom is -0.455 e. The maximum atomic E-state index is 12.3. The van der Waals surface area contributed by atoms with Gasteiger partial charge < -0.3 is 9.73 Å². The fraction of sp³-hybridized carbons (Fsp3) is 0.150. The van der Waals surface area contributed by atoms with E-state index in [0.717, 1.165) is 11.1 Å². The Labute approximate surface area is 169 Å². The number of carbonyl (C=O) groups excluding carboxylic acids is 1. The molecule has 0 bridgehead atoms. The van der Waals surface area contributed by atoms with Crippen LogP contribution in [0.15, 0.2) is 65.1 Å². The fourth-order valence-corrected chi connectivity index (χ4v) is 4.03. The van der Waals surface area contributed by atoms with Crippen molar-refractivity contribution in [3.05, 3.63) is 93.4 Å². The van der Waals surface area contributed by atoms with Crippen LogP contribution in [0.4, 0.5) is 0 Å². The Hall–Kier alpha value is -2.08. The smallest absolute Gasteiger partial charge is 0.287 e. The summed E-state index contributed by atoms with van der Waals surface area (Å²) in [7, 11) is -1.19. The van der Waals surface area contributed by atoms with Crippen molar-refractivity contribution in [2.45, 2.75) is 18.1 Å². The molecule has 0 saturated carbocycles. The van der Waals surface area contributed by atoms with Crippen molar-refractivity contribution < 1.29 is 13.4 Å². The first kappa shape index (κ1) is 19.7. The number of benzene rings is 2. The number of carbonyl (C=O) groups is 1. The third-order valence-electron chi connectivity index (χ3n) is 3.83. The molecular weight excluding hydrogens is 405 g/mol. The minimum atomic E-state index is -1.19. The molecule has 0 aliphatic rings. The summed E-state index contributed by atoms with van der Waals surface area (Å²) in [6.07, 6.45) is 0. The number of nitrogens with one attached hydrogen (secondary N) is 1. The largest absolute Gasteiger partial charge is 0.455 e. The predicted molar refractivity (Wildman–Crippen MR) is 108 cm³/mol. The highest BCUT2D eigenvalue weighted by atomic mass is 35.5. The van der Waals surface area contributed by atoms with Gasteiger partial charge in [0.1, 0.15) is 5.76 Å². The summed E-state index contributed by atoms with van der Waals surface area (Å²) in [4.78, 5) is 12.2. The van der Waals surface area contributed by atoms with Gasteiger partial charge in [-0.25, -0.2) is 0 Å². The summed E-state index contributed by atoms with van der Waals surface area (Å²) in [6, 6.07) is 17.8. The predicted octanol–water partition coefficient (Wildman–Crippen LogP) is 4.97. The van der Waals surface area contributed by atoms with Crippen LogP contribution in [-0.4, -0.2) is 10.1 Å². The van der Waals surface area contributed by atoms with Crippen molar-refractivity contribution in [2.24, 2.45) is 0 Å². The summed E-state index contributed by atoms with van der Waals surface area (Å²) in [5.41, 5.74) is 1.75. The van der Waals surface area contributed by atoms with Gasteiger partial charge in [0, 0.05) is 27.4 Å². The second-order valence-corrected chi connectivity index (χ2v) is 8.20. The third kappa shape index (κ3) is 5.70. The lowest BCUT2D eigenvalue weighted by atomic mass is 10.2. The second kappa shape index (κ2) is 9.22. The number of halogens is 2. The van der Waals surface area contributed by atoms with Gasteiger partial charge in [-0.05, 0) is 41.5 Å². The van der Waals surface area contributed by atoms with Crippen molar-refractivity contribution in [1.29, 1.82) is 0 Å². The van der Waals surface area contributed by atoms with Crippen LogP contribution in [0.5, 0.6) is 0 Å². The van der Waals surface area contributed by atoms with Crippen LogP contribution in [0.25, 0.3) is 0 Å². The third-order valence-corrected chi connectivity index (χ3v) is 5.69. The Morgan fingerprint density at radius 3 is 2.44 bits per heavy atom. The average molecular weight is 422 g/mol. The van der Waals surface area contributed by atoms with Gasteiger partial charge in [0.15, 0.2) is 5.76 Å². The first-order chi connectivity index (χ1) is 13.0. The van der Waals surface area contributed by atoms with Gasteiger partial charge in [-0.3, -0.25) is 9.00 Å². The summed E-state index contributed by atoms with van der Waals surface area (Å²) in [5.74, 6) is 0.910. The van der Waals surface area contributed by atoms with Crippen molar-refractivity contribution in [3.8, 4) is 0 Å². The monoisotopic (exact) mass is 421 g/mol. The van der Waals surface area contributed by atoms with E-state index in [2.05, 4.69) is 5.32 Å². The molecule has 0 aliphatic heterocycles. The van der Waals surface area contributed by atoms with Gasteiger partial charge in [0.2, 0.25) is 0 Å². The van der Waals surface area contributed by atoms with E-state index in [1.807, 2.05) is 30.3 Å². The van der Waals surface area contributed by atoms with E-state index < -0.39 is 10.8 Å². The van der Waals surface area contributed by atoms with Gasteiger partial charge >= 0.3 is 0 Å². The molecule has 2 aromatic carbocycles. The number of hydrogen-bond acceptors (Lipinski definition) is 3. The number of hydrogen-bond donors (Lipinski definition) is 1. The molecule has 0 unspecified atom stereocenters. The Morgan fingerprint density at radius 1 is 0.963 bits per heavy atom. The summed E-state index contributed by atoms with van der Waals surface area (Å²) < 4.78 is 17.9. The Kier molecular flexibility index (Phi) is 6.72. The summed E-state index contributed by atoms with van der Waals surface area (Å²) in [6.45, 7) is 0.366. The van der Waals surface area contributed by atoms with Crippen LogP contribution in [0.3, 0.4) is 0 Å². The van der Waals surface area contributed by atoms with Gasteiger partial charge in [0.05, 0.1) is 11.5 Å². The van der Waals surface area contributed by atoms with Crippen molar-refractivity contribution in [3.63, 3.8) is 0 Å². The zero-order valence-electron chi connectivity index (χ0n) is 14.3. The fourth-order valence-electron chi connectivity index (χ4n) is 2.45. The number of rotatable bonds is 7. The topological polar surface area (TPSA) is 59.3 Å². The molecule has 3 rings (SSSR count). The van der Waals surface area contributed by atoms with E-state index in [-0.39, 0.29) is 17.4 Å². The molecule has 1 aromatic heterocycles. The van der Waals surface area contributed by atoms with Crippen LogP contribution in [-0.2, 0) is 28.9 Å². The van der Waals surface area contributed by atoms with E-state index in [1.165, 1.54) is 0 Å². The zero-order chi connectivity index (χ0) is 19.2. The Morgan fingerprint density at radius 2 is 1.70 bits per heavy atom. The highest BCUT2D eigenvalue weighted by Gasteiger charge is 2.13. The number of amides is 1. The van der Waals surface area contributed by atoms with Crippen LogP contribution >= 0.6 is 23.2 Å². The molecule has 1 atom stereocenters. The molecule has 3 aromatic rings. The molecule has 1 heterocycles. The van der Waals surface area contributed by atoms with Crippen LogP contribution in [0.2, 0.25) is 10.0 Å². The van der Waals surface area contributed by atoms with Crippen LogP contribution in [0, 0.1) is 0 Å². The SMILES string of the molecule is O=C(NCc1ccc(Cl)cc1)c1ccc(C[S@@](=O)Cc2ccccc2Cl)o1. The van der Waals surface area contributed by atoms with E-state index in [1.54, 1.807) is 30.3 Å². The average Bonchev–Trinajstić information content (AvgIpc) is 3.11. The molecule has 7 heteroatoms. The molecule has 0 radical (unpaired) electrons. The van der Waals surface area contributed by atoms with Crippen molar-refractivity contribution >= 4 is 39.9 Å².